The topological polar surface area (TPSA) is 4.93 Å². The smallest absolute Gasteiger partial charge is 0.0629 e. The van der Waals surface area contributed by atoms with Crippen LogP contribution in [0, 0.1) is 0 Å². The van der Waals surface area contributed by atoms with E-state index in [1.807, 2.05) is 12.1 Å². The van der Waals surface area contributed by atoms with Gasteiger partial charge in [-0.25, -0.2) is 0 Å². The summed E-state index contributed by atoms with van der Waals surface area (Å²) in [5.74, 6) is 0. The largest absolute Gasteiger partial charge is 0.309 e. The van der Waals surface area contributed by atoms with Crippen LogP contribution in [0.5, 0.6) is 0 Å². The maximum absolute atomic E-state index is 9.16. The summed E-state index contributed by atoms with van der Waals surface area (Å²) in [7, 11) is 0. The standard InChI is InChI=1S/C50H61N/c1-46(2,3)34-26-33(27-35(28-34)47(4,5)6)40-24-25-42-44(45(40)50(13,14)15)43-39(32-20-17-16-18-21-32)22-19-23-41(43)51(42)38-30-36(48(7,8)9)29-37(31-38)49(10,11)12/h16-31H,1-15H3/i16D,17D,18D,20D,21D. The first-order valence-corrected chi connectivity index (χ1v) is 18.5. The van der Waals surface area contributed by atoms with Crippen LogP contribution in [-0.2, 0) is 27.1 Å². The number of hydrogen-bond donors (Lipinski definition) is 0. The van der Waals surface area contributed by atoms with Crippen molar-refractivity contribution in [3.05, 3.63) is 125 Å². The van der Waals surface area contributed by atoms with E-state index in [-0.39, 0.29) is 56.8 Å². The summed E-state index contributed by atoms with van der Waals surface area (Å²) in [5.41, 5.74) is 11.6. The predicted molar refractivity (Wildman–Crippen MR) is 225 cm³/mol. The molecule has 1 heteroatoms. The summed E-state index contributed by atoms with van der Waals surface area (Å²) < 4.78 is 46.4. The number of hydrogen-bond acceptors (Lipinski definition) is 0. The Hall–Kier alpha value is -4.10. The van der Waals surface area contributed by atoms with Gasteiger partial charge in [0.1, 0.15) is 0 Å². The van der Waals surface area contributed by atoms with Gasteiger partial charge in [0.25, 0.3) is 0 Å². The van der Waals surface area contributed by atoms with E-state index in [1.54, 1.807) is 0 Å². The van der Waals surface area contributed by atoms with Crippen molar-refractivity contribution in [2.75, 3.05) is 0 Å². The van der Waals surface area contributed by atoms with Gasteiger partial charge in [-0.1, -0.05) is 177 Å². The number of fused-ring (bicyclic) bond motifs is 3. The Bertz CT molecular complexity index is 2440. The fourth-order valence-corrected chi connectivity index (χ4v) is 7.30. The van der Waals surface area contributed by atoms with E-state index in [0.29, 0.717) is 5.56 Å². The molecule has 0 N–H and O–H groups in total. The van der Waals surface area contributed by atoms with Gasteiger partial charge in [-0.05, 0) is 101 Å². The van der Waals surface area contributed by atoms with Gasteiger partial charge < -0.3 is 4.57 Å². The van der Waals surface area contributed by atoms with Crippen LogP contribution < -0.4 is 0 Å². The molecule has 6 rings (SSSR count). The molecule has 0 aliphatic carbocycles. The first kappa shape index (κ1) is 30.5. The molecule has 0 unspecified atom stereocenters. The van der Waals surface area contributed by atoms with E-state index in [0.717, 1.165) is 44.2 Å². The zero-order chi connectivity index (χ0) is 41.8. The zero-order valence-corrected chi connectivity index (χ0v) is 33.8. The molecule has 1 nitrogen and oxygen atoms in total. The molecule has 0 aliphatic rings. The van der Waals surface area contributed by atoms with Gasteiger partial charge in [0.05, 0.1) is 17.9 Å². The van der Waals surface area contributed by atoms with E-state index in [2.05, 4.69) is 163 Å². The summed E-state index contributed by atoms with van der Waals surface area (Å²) >= 11 is 0. The van der Waals surface area contributed by atoms with E-state index < -0.39 is 6.04 Å². The van der Waals surface area contributed by atoms with E-state index in [9.17, 15) is 0 Å². The minimum atomic E-state index is -0.391. The second-order valence-corrected chi connectivity index (χ2v) is 19.7. The quantitative estimate of drug-likeness (QED) is 0.175. The molecule has 0 radical (unpaired) electrons. The lowest BCUT2D eigenvalue weighted by Gasteiger charge is -2.29. The van der Waals surface area contributed by atoms with Crippen LogP contribution in [0.2, 0.25) is 0 Å². The van der Waals surface area contributed by atoms with Gasteiger partial charge in [-0.15, -0.1) is 0 Å². The van der Waals surface area contributed by atoms with Gasteiger partial charge in [0, 0.05) is 16.5 Å². The van der Waals surface area contributed by atoms with Gasteiger partial charge in [0.2, 0.25) is 0 Å². The van der Waals surface area contributed by atoms with Crippen LogP contribution in [0.15, 0.2) is 96.9 Å². The first-order valence-electron chi connectivity index (χ1n) is 21.0. The molecule has 51 heavy (non-hydrogen) atoms. The highest BCUT2D eigenvalue weighted by molar-refractivity contribution is 6.18. The highest BCUT2D eigenvalue weighted by atomic mass is 15.0. The normalized spacial score (nSPS) is 14.8. The van der Waals surface area contributed by atoms with E-state index >= 15 is 0 Å². The molecule has 5 aromatic carbocycles. The molecule has 0 bridgehead atoms. The lowest BCUT2D eigenvalue weighted by Crippen LogP contribution is -2.18. The summed E-state index contributed by atoms with van der Waals surface area (Å²) in [6, 6.07) is 23.1. The van der Waals surface area contributed by atoms with Crippen molar-refractivity contribution in [1.29, 1.82) is 0 Å². The van der Waals surface area contributed by atoms with Gasteiger partial charge in [-0.3, -0.25) is 0 Å². The third kappa shape index (κ3) is 6.94. The maximum Gasteiger partial charge on any atom is 0.0629 e. The van der Waals surface area contributed by atoms with Crippen molar-refractivity contribution in [3.63, 3.8) is 0 Å². The number of aromatic nitrogens is 1. The van der Waals surface area contributed by atoms with Crippen molar-refractivity contribution in [3.8, 4) is 27.9 Å². The molecule has 0 saturated heterocycles. The van der Waals surface area contributed by atoms with Crippen LogP contribution in [0.25, 0.3) is 49.7 Å². The van der Waals surface area contributed by atoms with Crippen molar-refractivity contribution in [2.24, 2.45) is 0 Å². The SMILES string of the molecule is [2H]c1c([2H])c([2H])c(-c2cccc3c2c2c(C(C)(C)C)c(-c4cc(C(C)(C)C)cc(C(C)(C)C)c4)ccc2n3-c2cc(C(C)(C)C)cc(C(C)(C)C)c2)c([2H])c1[2H]. The fourth-order valence-electron chi connectivity index (χ4n) is 7.30. The molecule has 6 aromatic rings. The third-order valence-corrected chi connectivity index (χ3v) is 10.4. The van der Waals surface area contributed by atoms with Crippen LogP contribution in [0.3, 0.4) is 0 Å². The van der Waals surface area contributed by atoms with Gasteiger partial charge in [0.15, 0.2) is 0 Å². The Kier molecular flexibility index (Phi) is 7.33. The van der Waals surface area contributed by atoms with E-state index in [1.165, 1.54) is 22.3 Å². The predicted octanol–water partition coefficient (Wildman–Crippen LogP) is 14.6. The molecule has 0 fully saturated rings. The molecule has 1 aromatic heterocycles. The first-order chi connectivity index (χ1) is 25.5. The monoisotopic (exact) mass is 681 g/mol. The average Bonchev–Trinajstić information content (AvgIpc) is 3.42. The molecule has 266 valence electrons. The second-order valence-electron chi connectivity index (χ2n) is 19.7. The Balaban J connectivity index is 1.92. The minimum absolute atomic E-state index is 0.0744. The third-order valence-electron chi connectivity index (χ3n) is 10.4. The van der Waals surface area contributed by atoms with Crippen LogP contribution in [0.1, 0.15) is 139 Å². The minimum Gasteiger partial charge on any atom is -0.309 e. The Morgan fingerprint density at radius 1 is 0.431 bits per heavy atom. The summed E-state index contributed by atoms with van der Waals surface area (Å²) in [5, 5.41) is 1.92. The van der Waals surface area contributed by atoms with Gasteiger partial charge >= 0.3 is 0 Å². The highest BCUT2D eigenvalue weighted by Crippen LogP contribution is 2.48. The number of rotatable bonds is 3. The van der Waals surface area contributed by atoms with Gasteiger partial charge in [-0.2, -0.15) is 0 Å². The lowest BCUT2D eigenvalue weighted by molar-refractivity contribution is 0.567. The Morgan fingerprint density at radius 3 is 1.37 bits per heavy atom. The van der Waals surface area contributed by atoms with Crippen molar-refractivity contribution >= 4 is 21.8 Å². The highest BCUT2D eigenvalue weighted by Gasteiger charge is 2.30. The lowest BCUT2D eigenvalue weighted by atomic mass is 9.75. The molecule has 0 spiro atoms. The zero-order valence-electron chi connectivity index (χ0n) is 38.8. The fraction of sp³-hybridized carbons (Fsp3) is 0.400. The van der Waals surface area contributed by atoms with Crippen molar-refractivity contribution < 1.29 is 6.85 Å². The van der Waals surface area contributed by atoms with Crippen LogP contribution in [0.4, 0.5) is 0 Å². The van der Waals surface area contributed by atoms with E-state index in [4.69, 9.17) is 6.85 Å². The number of nitrogens with zero attached hydrogens (tertiary/aromatic N) is 1. The van der Waals surface area contributed by atoms with Crippen molar-refractivity contribution in [1.82, 2.24) is 4.57 Å². The molecule has 0 saturated carbocycles. The number of benzene rings is 5. The van der Waals surface area contributed by atoms with Crippen molar-refractivity contribution in [2.45, 2.75) is 131 Å². The molecular weight excluding hydrogens is 615 g/mol. The average molecular weight is 681 g/mol. The Morgan fingerprint density at radius 2 is 0.902 bits per heavy atom. The second kappa shape index (κ2) is 12.3. The molecule has 0 amide bonds. The maximum atomic E-state index is 9.16. The molecule has 1 heterocycles. The Labute approximate surface area is 316 Å². The van der Waals surface area contributed by atoms with Crippen LogP contribution >= 0.6 is 0 Å². The molecule has 0 aliphatic heterocycles. The summed E-state index contributed by atoms with van der Waals surface area (Å²) in [4.78, 5) is 0. The summed E-state index contributed by atoms with van der Waals surface area (Å²) in [6.45, 7) is 33.9. The molecule has 0 atom stereocenters. The van der Waals surface area contributed by atoms with Crippen LogP contribution in [-0.4, -0.2) is 4.57 Å². The summed E-state index contributed by atoms with van der Waals surface area (Å²) in [6.07, 6.45) is 0. The molecular formula is C50H61N.